The average Bonchev–Trinajstić information content (AvgIpc) is 2.47. The Morgan fingerprint density at radius 2 is 2.32 bits per heavy atom. The predicted octanol–water partition coefficient (Wildman–Crippen LogP) is 3.90. The van der Waals surface area contributed by atoms with Crippen molar-refractivity contribution in [3.05, 3.63) is 21.7 Å². The first kappa shape index (κ1) is 13.3. The van der Waals surface area contributed by atoms with Gasteiger partial charge in [-0.05, 0) is 18.8 Å². The fourth-order valence-electron chi connectivity index (χ4n) is 3.38. The van der Waals surface area contributed by atoms with Crippen LogP contribution in [0.5, 0.6) is 0 Å². The lowest BCUT2D eigenvalue weighted by Crippen LogP contribution is -2.20. The number of aromatic nitrogens is 2. The second kappa shape index (κ2) is 5.71. The first-order valence-corrected chi connectivity index (χ1v) is 7.88. The average molecular weight is 278 g/mol. The van der Waals surface area contributed by atoms with Crippen LogP contribution in [-0.4, -0.2) is 16.6 Å². The van der Waals surface area contributed by atoms with Crippen molar-refractivity contribution in [1.29, 1.82) is 0 Å². The third-order valence-electron chi connectivity index (χ3n) is 4.61. The molecule has 19 heavy (non-hydrogen) atoms. The van der Waals surface area contributed by atoms with Gasteiger partial charge in [0.15, 0.2) is 0 Å². The van der Waals surface area contributed by atoms with Crippen LogP contribution in [0.4, 0.5) is 0 Å². The number of fused-ring (bicyclic) bond motifs is 1. The number of aromatic amines is 1. The van der Waals surface area contributed by atoms with Crippen molar-refractivity contribution in [2.24, 2.45) is 5.92 Å². The summed E-state index contributed by atoms with van der Waals surface area (Å²) in [4.78, 5) is 8.22. The van der Waals surface area contributed by atoms with Gasteiger partial charge in [-0.25, -0.2) is 4.98 Å². The zero-order valence-electron chi connectivity index (χ0n) is 11.6. The number of ether oxygens (including phenoxy) is 1. The molecule has 1 fully saturated rings. The molecular formula is C15H22N2OS. The highest BCUT2D eigenvalue weighted by Gasteiger charge is 2.25. The standard InChI is InChI=1S/C15H22N2OS/c1-2-10-4-3-5-11(8-10)14-16-13-6-7-18-9-12(13)15(19)17-14/h10-11H,2-9H2,1H3,(H,16,17,19). The summed E-state index contributed by atoms with van der Waals surface area (Å²) in [6, 6.07) is 0. The molecule has 3 rings (SSSR count). The quantitative estimate of drug-likeness (QED) is 0.834. The highest BCUT2D eigenvalue weighted by molar-refractivity contribution is 7.71. The molecule has 2 atom stereocenters. The molecule has 3 nitrogen and oxygen atoms in total. The van der Waals surface area contributed by atoms with E-state index in [9.17, 15) is 0 Å². The van der Waals surface area contributed by atoms with E-state index >= 15 is 0 Å². The highest BCUT2D eigenvalue weighted by atomic mass is 32.1. The molecule has 0 radical (unpaired) electrons. The molecule has 2 aliphatic rings. The summed E-state index contributed by atoms with van der Waals surface area (Å²) >= 11 is 5.44. The molecule has 1 aliphatic heterocycles. The number of nitrogens with zero attached hydrogens (tertiary/aromatic N) is 1. The van der Waals surface area contributed by atoms with Crippen LogP contribution in [0, 0.1) is 10.6 Å². The molecule has 104 valence electrons. The van der Waals surface area contributed by atoms with Gasteiger partial charge >= 0.3 is 0 Å². The van der Waals surface area contributed by atoms with Crippen LogP contribution < -0.4 is 0 Å². The van der Waals surface area contributed by atoms with Gasteiger partial charge in [-0.3, -0.25) is 0 Å². The molecule has 0 amide bonds. The molecule has 1 saturated carbocycles. The Balaban J connectivity index is 1.88. The number of nitrogens with one attached hydrogen (secondary N) is 1. The topological polar surface area (TPSA) is 37.9 Å². The van der Waals surface area contributed by atoms with Gasteiger partial charge in [0.2, 0.25) is 0 Å². The van der Waals surface area contributed by atoms with Crippen LogP contribution in [0.25, 0.3) is 0 Å². The Morgan fingerprint density at radius 3 is 3.16 bits per heavy atom. The number of rotatable bonds is 2. The van der Waals surface area contributed by atoms with Gasteiger partial charge in [0.1, 0.15) is 10.5 Å². The molecule has 1 aromatic rings. The first-order chi connectivity index (χ1) is 9.28. The number of hydrogen-bond acceptors (Lipinski definition) is 3. The third kappa shape index (κ3) is 2.75. The molecule has 2 unspecified atom stereocenters. The minimum absolute atomic E-state index is 0.577. The van der Waals surface area contributed by atoms with Gasteiger partial charge in [0, 0.05) is 23.6 Å². The SMILES string of the molecule is CCC1CCCC(c2nc(=S)c3c([nH]2)CCOC3)C1. The molecule has 0 aromatic carbocycles. The maximum absolute atomic E-state index is 5.47. The minimum atomic E-state index is 0.577. The number of hydrogen-bond donors (Lipinski definition) is 1. The summed E-state index contributed by atoms with van der Waals surface area (Å²) in [5.74, 6) is 2.57. The molecule has 1 N–H and O–H groups in total. The lowest BCUT2D eigenvalue weighted by Gasteiger charge is -2.28. The summed E-state index contributed by atoms with van der Waals surface area (Å²) in [5.41, 5.74) is 2.37. The molecular weight excluding hydrogens is 256 g/mol. The summed E-state index contributed by atoms with van der Waals surface area (Å²) < 4.78 is 6.22. The van der Waals surface area contributed by atoms with E-state index < -0.39 is 0 Å². The van der Waals surface area contributed by atoms with E-state index in [0.717, 1.165) is 35.0 Å². The van der Waals surface area contributed by atoms with Gasteiger partial charge in [-0.1, -0.05) is 38.4 Å². The first-order valence-electron chi connectivity index (χ1n) is 7.47. The fraction of sp³-hybridized carbons (Fsp3) is 0.733. The maximum atomic E-state index is 5.47. The lowest BCUT2D eigenvalue weighted by atomic mass is 9.80. The molecule has 0 spiro atoms. The van der Waals surface area contributed by atoms with E-state index in [1.165, 1.54) is 37.8 Å². The van der Waals surface area contributed by atoms with Crippen molar-refractivity contribution in [2.75, 3.05) is 6.61 Å². The predicted molar refractivity (Wildman–Crippen MR) is 77.8 cm³/mol. The summed E-state index contributed by atoms with van der Waals surface area (Å²) in [6.07, 6.45) is 7.46. The Kier molecular flexibility index (Phi) is 3.99. The molecule has 0 saturated heterocycles. The van der Waals surface area contributed by atoms with Crippen LogP contribution in [0.1, 0.15) is 62.0 Å². The van der Waals surface area contributed by atoms with Crippen molar-refractivity contribution in [3.63, 3.8) is 0 Å². The zero-order chi connectivity index (χ0) is 13.2. The van der Waals surface area contributed by atoms with Crippen molar-refractivity contribution in [3.8, 4) is 0 Å². The van der Waals surface area contributed by atoms with Crippen LogP contribution in [0.3, 0.4) is 0 Å². The molecule has 0 bridgehead atoms. The Hall–Kier alpha value is -0.740. The van der Waals surface area contributed by atoms with Gasteiger partial charge in [-0.2, -0.15) is 0 Å². The van der Waals surface area contributed by atoms with Crippen LogP contribution in [0.2, 0.25) is 0 Å². The van der Waals surface area contributed by atoms with E-state index in [1.807, 2.05) is 0 Å². The lowest BCUT2D eigenvalue weighted by molar-refractivity contribution is 0.108. The molecule has 1 aliphatic carbocycles. The Bertz CT molecular complexity index is 511. The van der Waals surface area contributed by atoms with Crippen molar-refractivity contribution < 1.29 is 4.74 Å². The largest absolute Gasteiger partial charge is 0.376 e. The number of H-pyrrole nitrogens is 1. The maximum Gasteiger partial charge on any atom is 0.135 e. The monoisotopic (exact) mass is 278 g/mol. The van der Waals surface area contributed by atoms with E-state index in [2.05, 4.69) is 16.9 Å². The van der Waals surface area contributed by atoms with E-state index in [4.69, 9.17) is 17.0 Å². The highest BCUT2D eigenvalue weighted by Crippen LogP contribution is 2.36. The van der Waals surface area contributed by atoms with E-state index in [-0.39, 0.29) is 0 Å². The molecule has 2 heterocycles. The summed E-state index contributed by atoms with van der Waals surface area (Å²) in [7, 11) is 0. The summed E-state index contributed by atoms with van der Waals surface area (Å²) in [5, 5.41) is 0. The Morgan fingerprint density at radius 1 is 1.42 bits per heavy atom. The smallest absolute Gasteiger partial charge is 0.135 e. The molecule has 4 heteroatoms. The van der Waals surface area contributed by atoms with Crippen LogP contribution in [-0.2, 0) is 17.8 Å². The van der Waals surface area contributed by atoms with E-state index in [1.54, 1.807) is 0 Å². The third-order valence-corrected chi connectivity index (χ3v) is 4.95. The van der Waals surface area contributed by atoms with Crippen LogP contribution in [0.15, 0.2) is 0 Å². The molecule has 1 aromatic heterocycles. The van der Waals surface area contributed by atoms with Crippen LogP contribution >= 0.6 is 12.2 Å². The van der Waals surface area contributed by atoms with Gasteiger partial charge in [0.05, 0.1) is 13.2 Å². The normalized spacial score (nSPS) is 27.0. The van der Waals surface area contributed by atoms with Crippen molar-refractivity contribution in [2.45, 2.75) is 58.0 Å². The summed E-state index contributed by atoms with van der Waals surface area (Å²) in [6.45, 7) is 3.72. The van der Waals surface area contributed by atoms with E-state index in [0.29, 0.717) is 12.5 Å². The van der Waals surface area contributed by atoms with Gasteiger partial charge < -0.3 is 9.72 Å². The second-order valence-corrected chi connectivity index (χ2v) is 6.21. The van der Waals surface area contributed by atoms with Crippen molar-refractivity contribution >= 4 is 12.2 Å². The van der Waals surface area contributed by atoms with Gasteiger partial charge in [0.25, 0.3) is 0 Å². The fourth-order valence-corrected chi connectivity index (χ4v) is 3.66. The zero-order valence-corrected chi connectivity index (χ0v) is 12.4. The Labute approximate surface area is 119 Å². The minimum Gasteiger partial charge on any atom is -0.376 e. The van der Waals surface area contributed by atoms with Crippen molar-refractivity contribution in [1.82, 2.24) is 9.97 Å². The second-order valence-electron chi connectivity index (χ2n) is 5.82. The van der Waals surface area contributed by atoms with Gasteiger partial charge in [-0.15, -0.1) is 0 Å².